The van der Waals surface area contributed by atoms with Crippen molar-refractivity contribution in [2.75, 3.05) is 25.5 Å². The molecule has 24 heavy (non-hydrogen) atoms. The quantitative estimate of drug-likeness (QED) is 0.690. The Hall–Kier alpha value is -2.67. The minimum absolute atomic E-state index is 0.250. The first-order valence-electron chi connectivity index (χ1n) is 8.18. The molecule has 0 atom stereocenters. The number of hydrogen-bond acceptors (Lipinski definition) is 4. The third kappa shape index (κ3) is 2.78. The van der Waals surface area contributed by atoms with E-state index in [1.165, 1.54) is 5.56 Å². The number of fused-ring (bicyclic) bond motifs is 1. The second kappa shape index (κ2) is 6.09. The molecule has 7 heteroatoms. The Morgan fingerprint density at radius 1 is 1.29 bits per heavy atom. The second-order valence-corrected chi connectivity index (χ2v) is 6.33. The van der Waals surface area contributed by atoms with Crippen LogP contribution < -0.4 is 5.32 Å². The molecule has 0 unspecified atom stereocenters. The summed E-state index contributed by atoms with van der Waals surface area (Å²) >= 11 is 0. The van der Waals surface area contributed by atoms with E-state index < -0.39 is 0 Å². The van der Waals surface area contributed by atoms with Crippen molar-refractivity contribution in [1.82, 2.24) is 25.1 Å². The van der Waals surface area contributed by atoms with Gasteiger partial charge in [-0.15, -0.1) is 0 Å². The van der Waals surface area contributed by atoms with Crippen LogP contribution in [0.15, 0.2) is 30.6 Å². The molecule has 3 aromatic rings. The first-order chi connectivity index (χ1) is 11.7. The number of aromatic amines is 2. The summed E-state index contributed by atoms with van der Waals surface area (Å²) in [4.78, 5) is 22.6. The van der Waals surface area contributed by atoms with Crippen molar-refractivity contribution in [3.05, 3.63) is 41.9 Å². The maximum absolute atomic E-state index is 12.4. The van der Waals surface area contributed by atoms with Crippen LogP contribution in [0.25, 0.3) is 11.0 Å². The molecule has 0 saturated carbocycles. The Bertz CT molecular complexity index is 845. The first-order valence-corrected chi connectivity index (χ1v) is 8.18. The van der Waals surface area contributed by atoms with E-state index in [-0.39, 0.29) is 5.91 Å². The van der Waals surface area contributed by atoms with Crippen LogP contribution in [0.1, 0.15) is 34.8 Å². The molecule has 3 N–H and O–H groups in total. The fourth-order valence-corrected chi connectivity index (χ4v) is 3.29. The van der Waals surface area contributed by atoms with E-state index in [9.17, 15) is 4.79 Å². The Labute approximate surface area is 139 Å². The van der Waals surface area contributed by atoms with Crippen LogP contribution in [0.2, 0.25) is 0 Å². The fraction of sp³-hybridized carbons (Fsp3) is 0.353. The summed E-state index contributed by atoms with van der Waals surface area (Å²) in [5.74, 6) is 0.734. The number of anilines is 1. The van der Waals surface area contributed by atoms with Gasteiger partial charge in [0.1, 0.15) is 5.69 Å². The third-order valence-electron chi connectivity index (χ3n) is 4.69. The van der Waals surface area contributed by atoms with Crippen LogP contribution in [-0.4, -0.2) is 51.1 Å². The molecular formula is C17H20N6O. The van der Waals surface area contributed by atoms with Gasteiger partial charge in [0.25, 0.3) is 5.91 Å². The van der Waals surface area contributed by atoms with Crippen LogP contribution in [0.5, 0.6) is 0 Å². The standard InChI is InChI=1S/C17H20N6O/c1-23-8-5-11(6-9-23)12-10-18-13-2-3-14(20-16(12)13)17(24)21-15-4-7-19-22-15/h2-4,7,10-11,18H,5-6,8-9H2,1H3,(H2,19,21,22,24). The predicted octanol–water partition coefficient (Wildman–Crippen LogP) is 2.35. The number of H-pyrrole nitrogens is 2. The van der Waals surface area contributed by atoms with Crippen molar-refractivity contribution in [3.8, 4) is 0 Å². The van der Waals surface area contributed by atoms with Crippen LogP contribution in [-0.2, 0) is 0 Å². The molecule has 0 spiro atoms. The molecule has 0 bridgehead atoms. The van der Waals surface area contributed by atoms with Gasteiger partial charge in [-0.1, -0.05) is 0 Å². The van der Waals surface area contributed by atoms with Crippen LogP contribution in [0.4, 0.5) is 5.82 Å². The lowest BCUT2D eigenvalue weighted by atomic mass is 9.90. The molecule has 7 nitrogen and oxygen atoms in total. The van der Waals surface area contributed by atoms with Crippen molar-refractivity contribution < 1.29 is 4.79 Å². The van der Waals surface area contributed by atoms with Gasteiger partial charge in [0.15, 0.2) is 5.82 Å². The van der Waals surface area contributed by atoms with Gasteiger partial charge in [-0.25, -0.2) is 4.98 Å². The SMILES string of the molecule is CN1CCC(c2c[nH]c3ccc(C(=O)Nc4cc[nH]n4)nc23)CC1. The van der Waals surface area contributed by atoms with Gasteiger partial charge in [-0.3, -0.25) is 9.89 Å². The molecule has 0 radical (unpaired) electrons. The lowest BCUT2D eigenvalue weighted by Gasteiger charge is -2.28. The maximum Gasteiger partial charge on any atom is 0.275 e. The maximum atomic E-state index is 12.4. The molecule has 1 saturated heterocycles. The van der Waals surface area contributed by atoms with Gasteiger partial charge in [0, 0.05) is 18.5 Å². The number of hydrogen-bond donors (Lipinski definition) is 3. The minimum Gasteiger partial charge on any atom is -0.360 e. The van der Waals surface area contributed by atoms with Crippen LogP contribution in [0.3, 0.4) is 0 Å². The highest BCUT2D eigenvalue weighted by atomic mass is 16.1. The Morgan fingerprint density at radius 2 is 2.12 bits per heavy atom. The van der Waals surface area contributed by atoms with E-state index in [0.717, 1.165) is 37.0 Å². The number of piperidine rings is 1. The van der Waals surface area contributed by atoms with Crippen molar-refractivity contribution >= 4 is 22.8 Å². The number of nitrogens with zero attached hydrogens (tertiary/aromatic N) is 3. The van der Waals surface area contributed by atoms with Crippen LogP contribution >= 0.6 is 0 Å². The largest absolute Gasteiger partial charge is 0.360 e. The summed E-state index contributed by atoms with van der Waals surface area (Å²) in [7, 11) is 2.15. The molecule has 0 aromatic carbocycles. The minimum atomic E-state index is -0.250. The molecule has 1 fully saturated rings. The van der Waals surface area contributed by atoms with E-state index in [2.05, 4.69) is 37.4 Å². The molecule has 3 aromatic heterocycles. The topological polar surface area (TPSA) is 89.7 Å². The number of aromatic nitrogens is 4. The molecule has 4 heterocycles. The van der Waals surface area contributed by atoms with Crippen molar-refractivity contribution in [2.24, 2.45) is 0 Å². The highest BCUT2D eigenvalue weighted by molar-refractivity contribution is 6.03. The molecule has 1 amide bonds. The van der Waals surface area contributed by atoms with E-state index in [1.54, 1.807) is 18.3 Å². The summed E-state index contributed by atoms with van der Waals surface area (Å²) in [5, 5.41) is 9.35. The van der Waals surface area contributed by atoms with Gasteiger partial charge in [0.05, 0.1) is 11.0 Å². The fourth-order valence-electron chi connectivity index (χ4n) is 3.29. The van der Waals surface area contributed by atoms with E-state index >= 15 is 0 Å². The van der Waals surface area contributed by atoms with E-state index in [0.29, 0.717) is 17.4 Å². The zero-order chi connectivity index (χ0) is 16.5. The predicted molar refractivity (Wildman–Crippen MR) is 92.1 cm³/mol. The van der Waals surface area contributed by atoms with E-state index in [4.69, 9.17) is 0 Å². The molecule has 4 rings (SSSR count). The molecule has 1 aliphatic rings. The first kappa shape index (κ1) is 14.9. The number of carbonyl (C=O) groups is 1. The van der Waals surface area contributed by atoms with Gasteiger partial charge >= 0.3 is 0 Å². The second-order valence-electron chi connectivity index (χ2n) is 6.33. The highest BCUT2D eigenvalue weighted by Crippen LogP contribution is 2.32. The Morgan fingerprint density at radius 3 is 2.88 bits per heavy atom. The number of rotatable bonds is 3. The number of amides is 1. The Balaban J connectivity index is 1.62. The number of carbonyl (C=O) groups excluding carboxylic acids is 1. The normalized spacial score (nSPS) is 16.5. The lowest BCUT2D eigenvalue weighted by Crippen LogP contribution is -2.29. The smallest absolute Gasteiger partial charge is 0.275 e. The zero-order valence-corrected chi connectivity index (χ0v) is 13.5. The van der Waals surface area contributed by atoms with Gasteiger partial charge in [-0.2, -0.15) is 5.10 Å². The number of nitrogens with one attached hydrogen (secondary N) is 3. The number of pyridine rings is 1. The average molecular weight is 324 g/mol. The molecule has 0 aliphatic carbocycles. The summed E-state index contributed by atoms with van der Waals surface area (Å²) in [6.45, 7) is 2.19. The van der Waals surface area contributed by atoms with E-state index in [1.807, 2.05) is 12.3 Å². The van der Waals surface area contributed by atoms with Gasteiger partial charge in [0.2, 0.25) is 0 Å². The number of likely N-dealkylation sites (tertiary alicyclic amines) is 1. The molecule has 124 valence electrons. The highest BCUT2D eigenvalue weighted by Gasteiger charge is 2.22. The third-order valence-corrected chi connectivity index (χ3v) is 4.69. The summed E-state index contributed by atoms with van der Waals surface area (Å²) < 4.78 is 0. The van der Waals surface area contributed by atoms with Gasteiger partial charge in [-0.05, 0) is 56.6 Å². The zero-order valence-electron chi connectivity index (χ0n) is 13.5. The molecule has 1 aliphatic heterocycles. The molecular weight excluding hydrogens is 304 g/mol. The van der Waals surface area contributed by atoms with Crippen molar-refractivity contribution in [2.45, 2.75) is 18.8 Å². The van der Waals surface area contributed by atoms with Gasteiger partial charge < -0.3 is 15.2 Å². The lowest BCUT2D eigenvalue weighted by molar-refractivity contribution is 0.102. The van der Waals surface area contributed by atoms with Crippen molar-refractivity contribution in [3.63, 3.8) is 0 Å². The average Bonchev–Trinajstić information content (AvgIpc) is 3.24. The summed E-state index contributed by atoms with van der Waals surface area (Å²) in [5.41, 5.74) is 3.49. The summed E-state index contributed by atoms with van der Waals surface area (Å²) in [6, 6.07) is 5.36. The summed E-state index contributed by atoms with van der Waals surface area (Å²) in [6.07, 6.45) is 5.95. The van der Waals surface area contributed by atoms with Crippen LogP contribution in [0, 0.1) is 0 Å². The Kier molecular flexibility index (Phi) is 3.78. The monoisotopic (exact) mass is 324 g/mol. The van der Waals surface area contributed by atoms with Crippen molar-refractivity contribution in [1.29, 1.82) is 0 Å².